The minimum absolute atomic E-state index is 0.953. The van der Waals surface area contributed by atoms with Gasteiger partial charge in [-0.25, -0.2) is 4.98 Å². The van der Waals surface area contributed by atoms with E-state index in [2.05, 4.69) is 64.0 Å². The van der Waals surface area contributed by atoms with Gasteiger partial charge in [-0.15, -0.1) is 0 Å². The van der Waals surface area contributed by atoms with E-state index in [1.54, 1.807) is 0 Å². The van der Waals surface area contributed by atoms with Gasteiger partial charge in [-0.1, -0.05) is 36.4 Å². The van der Waals surface area contributed by atoms with Crippen molar-refractivity contribution in [3.05, 3.63) is 108 Å². The predicted octanol–water partition coefficient (Wildman–Crippen LogP) is 6.73. The number of nitrogens with zero attached hydrogens (tertiary/aromatic N) is 4. The molecule has 2 aliphatic rings. The number of hydrogen-bond donors (Lipinski definition) is 0. The van der Waals surface area contributed by atoms with Gasteiger partial charge in [0.15, 0.2) is 0 Å². The van der Waals surface area contributed by atoms with Crippen LogP contribution < -0.4 is 0 Å². The highest BCUT2D eigenvalue weighted by atomic mass is 15.0. The summed E-state index contributed by atoms with van der Waals surface area (Å²) in [6.07, 6.45) is 7.59. The van der Waals surface area contributed by atoms with Gasteiger partial charge in [0.25, 0.3) is 0 Å². The zero-order chi connectivity index (χ0) is 22.7. The molecule has 2 aliphatic carbocycles. The number of aromatic nitrogens is 4. The summed E-state index contributed by atoms with van der Waals surface area (Å²) in [4.78, 5) is 14.3. The maximum atomic E-state index is 5.06. The van der Waals surface area contributed by atoms with Crippen LogP contribution in [0, 0.1) is 0 Å². The molecule has 0 aliphatic heterocycles. The van der Waals surface area contributed by atoms with E-state index in [4.69, 9.17) is 9.97 Å². The molecule has 0 bridgehead atoms. The van der Waals surface area contributed by atoms with Gasteiger partial charge in [-0.05, 0) is 87.7 Å². The Hall–Kier alpha value is -4.57. The van der Waals surface area contributed by atoms with Crippen molar-refractivity contribution in [2.24, 2.45) is 0 Å². The Morgan fingerprint density at radius 2 is 1.51 bits per heavy atom. The first-order valence-corrected chi connectivity index (χ1v) is 12.0. The third kappa shape index (κ3) is 2.15. The first kappa shape index (κ1) is 17.8. The van der Waals surface area contributed by atoms with Crippen LogP contribution in [0.5, 0.6) is 0 Å². The molecule has 0 amide bonds. The van der Waals surface area contributed by atoms with Crippen LogP contribution in [0.2, 0.25) is 0 Å². The smallest absolute Gasteiger partial charge is 0.146 e. The quantitative estimate of drug-likeness (QED) is 0.243. The van der Waals surface area contributed by atoms with Gasteiger partial charge in [0.2, 0.25) is 0 Å². The molecule has 0 saturated heterocycles. The molecular weight excluding hydrogens is 428 g/mol. The Labute approximate surface area is 200 Å². The first-order chi connectivity index (χ1) is 17.3. The van der Waals surface area contributed by atoms with E-state index in [9.17, 15) is 0 Å². The summed E-state index contributed by atoms with van der Waals surface area (Å²) in [5, 5.41) is 2.31. The van der Waals surface area contributed by atoms with Crippen LogP contribution in [-0.2, 0) is 12.8 Å². The second-order valence-electron chi connectivity index (χ2n) is 9.69. The van der Waals surface area contributed by atoms with Crippen molar-refractivity contribution in [1.29, 1.82) is 0 Å². The van der Waals surface area contributed by atoms with Crippen molar-refractivity contribution in [3.63, 3.8) is 0 Å². The van der Waals surface area contributed by atoms with Crippen molar-refractivity contribution < 1.29 is 0 Å². The zero-order valence-corrected chi connectivity index (χ0v) is 18.8. The van der Waals surface area contributed by atoms with Crippen LogP contribution in [0.1, 0.15) is 22.3 Å². The lowest BCUT2D eigenvalue weighted by atomic mass is 9.96. The lowest BCUT2D eigenvalue weighted by Crippen LogP contribution is -1.94. The molecule has 162 valence electrons. The van der Waals surface area contributed by atoms with Gasteiger partial charge >= 0.3 is 0 Å². The highest BCUT2D eigenvalue weighted by Gasteiger charge is 2.28. The van der Waals surface area contributed by atoms with Crippen molar-refractivity contribution in [2.45, 2.75) is 12.8 Å². The average Bonchev–Trinajstić information content (AvgIpc) is 3.59. The highest BCUT2D eigenvalue weighted by molar-refractivity contribution is 6.14. The molecule has 35 heavy (non-hydrogen) atoms. The molecule has 0 unspecified atom stereocenters. The minimum atomic E-state index is 0.953. The summed E-state index contributed by atoms with van der Waals surface area (Å²) in [6, 6.07) is 24.3. The Morgan fingerprint density at radius 1 is 0.657 bits per heavy atom. The van der Waals surface area contributed by atoms with Gasteiger partial charge in [-0.2, -0.15) is 0 Å². The van der Waals surface area contributed by atoms with Crippen LogP contribution in [0.3, 0.4) is 0 Å². The van der Waals surface area contributed by atoms with Crippen molar-refractivity contribution >= 4 is 38.5 Å². The number of hydrogen-bond acceptors (Lipinski definition) is 3. The van der Waals surface area contributed by atoms with E-state index >= 15 is 0 Å². The fourth-order valence-corrected chi connectivity index (χ4v) is 6.48. The van der Waals surface area contributed by atoms with E-state index in [0.29, 0.717) is 0 Å². The third-order valence-electron chi connectivity index (χ3n) is 7.99. The topological polar surface area (TPSA) is 43.1 Å². The SMILES string of the molecule is c1ccc2c(c1)Cc1c-2ccc2c1Cc1cc3c(cc1-2)c1nc2ccncc2n1c1cccnc31. The molecule has 0 fully saturated rings. The lowest BCUT2D eigenvalue weighted by Gasteiger charge is -2.11. The Bertz CT molecular complexity index is 2070. The van der Waals surface area contributed by atoms with E-state index in [1.807, 2.05) is 30.7 Å². The van der Waals surface area contributed by atoms with E-state index in [-0.39, 0.29) is 0 Å². The third-order valence-corrected chi connectivity index (χ3v) is 7.99. The molecule has 0 spiro atoms. The summed E-state index contributed by atoms with van der Waals surface area (Å²) in [7, 11) is 0. The molecule has 3 aromatic carbocycles. The minimum Gasteiger partial charge on any atom is -0.289 e. The molecule has 0 N–H and O–H groups in total. The Morgan fingerprint density at radius 3 is 2.46 bits per heavy atom. The molecule has 4 aromatic heterocycles. The fraction of sp³-hybridized carbons (Fsp3) is 0.0645. The molecule has 4 heterocycles. The summed E-state index contributed by atoms with van der Waals surface area (Å²) >= 11 is 0. The van der Waals surface area contributed by atoms with Gasteiger partial charge in [0.1, 0.15) is 5.65 Å². The molecule has 9 rings (SSSR count). The zero-order valence-electron chi connectivity index (χ0n) is 18.8. The molecule has 0 saturated carbocycles. The Kier molecular flexibility index (Phi) is 3.11. The maximum absolute atomic E-state index is 5.06. The molecule has 7 aromatic rings. The van der Waals surface area contributed by atoms with Crippen LogP contribution >= 0.6 is 0 Å². The van der Waals surface area contributed by atoms with Crippen LogP contribution in [-0.4, -0.2) is 19.4 Å². The molecule has 0 radical (unpaired) electrons. The van der Waals surface area contributed by atoms with Gasteiger partial charge in [0.05, 0.1) is 28.3 Å². The number of rotatable bonds is 0. The monoisotopic (exact) mass is 446 g/mol. The van der Waals surface area contributed by atoms with Gasteiger partial charge < -0.3 is 0 Å². The summed E-state index contributed by atoms with van der Waals surface area (Å²) in [5.74, 6) is 0. The second-order valence-corrected chi connectivity index (χ2v) is 9.69. The van der Waals surface area contributed by atoms with E-state index in [0.717, 1.165) is 45.9 Å². The molecule has 4 nitrogen and oxygen atoms in total. The number of imidazole rings is 1. The normalized spacial score (nSPS) is 13.5. The van der Waals surface area contributed by atoms with Gasteiger partial charge in [0, 0.05) is 23.2 Å². The second kappa shape index (κ2) is 6.10. The summed E-state index contributed by atoms with van der Waals surface area (Å²) in [5.41, 5.74) is 16.3. The van der Waals surface area contributed by atoms with Crippen LogP contribution in [0.4, 0.5) is 0 Å². The summed E-state index contributed by atoms with van der Waals surface area (Å²) < 4.78 is 2.22. The van der Waals surface area contributed by atoms with E-state index in [1.165, 1.54) is 49.9 Å². The average molecular weight is 447 g/mol. The van der Waals surface area contributed by atoms with Gasteiger partial charge in [-0.3, -0.25) is 14.4 Å². The van der Waals surface area contributed by atoms with Crippen LogP contribution in [0.25, 0.3) is 60.7 Å². The maximum Gasteiger partial charge on any atom is 0.146 e. The lowest BCUT2D eigenvalue weighted by molar-refractivity contribution is 1.16. The first-order valence-electron chi connectivity index (χ1n) is 12.0. The standard InChI is InChI=1S/C31H18N4/c1-2-5-19-17(4-1)12-23-20(19)7-8-21-22-15-26-25(14-18(22)13-24(21)23)30-28(6-3-10-33-30)35-29-16-32-11-9-27(29)34-31(26)35/h1-11,14-16H,12-13H2. The molecule has 4 heteroatoms. The Balaban J connectivity index is 1.38. The number of fused-ring (bicyclic) bond motifs is 15. The van der Waals surface area contributed by atoms with Crippen molar-refractivity contribution in [3.8, 4) is 22.3 Å². The summed E-state index contributed by atoms with van der Waals surface area (Å²) in [6.45, 7) is 0. The van der Waals surface area contributed by atoms with E-state index < -0.39 is 0 Å². The van der Waals surface area contributed by atoms with Crippen molar-refractivity contribution in [1.82, 2.24) is 19.4 Å². The number of pyridine rings is 3. The predicted molar refractivity (Wildman–Crippen MR) is 140 cm³/mol. The van der Waals surface area contributed by atoms with Crippen molar-refractivity contribution in [2.75, 3.05) is 0 Å². The molecule has 0 atom stereocenters. The van der Waals surface area contributed by atoms with Crippen LogP contribution in [0.15, 0.2) is 85.3 Å². The highest BCUT2D eigenvalue weighted by Crippen LogP contribution is 2.48. The fourth-order valence-electron chi connectivity index (χ4n) is 6.48. The molecular formula is C31H18N4. The largest absolute Gasteiger partial charge is 0.289 e. The number of benzene rings is 3.